The number of benzene rings is 1. The number of hydrogen-bond acceptors (Lipinski definition) is 2. The van der Waals surface area contributed by atoms with Crippen LogP contribution < -0.4 is 5.32 Å². The Labute approximate surface area is 111 Å². The zero-order valence-corrected chi connectivity index (χ0v) is 10.1. The van der Waals surface area contributed by atoms with Crippen LogP contribution in [-0.2, 0) is 16.0 Å². The van der Waals surface area contributed by atoms with Gasteiger partial charge in [-0.05, 0) is 24.1 Å². The van der Waals surface area contributed by atoms with E-state index in [-0.39, 0.29) is 6.42 Å². The van der Waals surface area contributed by atoms with Gasteiger partial charge in [0.2, 0.25) is 0 Å². The van der Waals surface area contributed by atoms with Gasteiger partial charge >= 0.3 is 18.1 Å². The highest BCUT2D eigenvalue weighted by Crippen LogP contribution is 2.16. The molecule has 0 unspecified atom stereocenters. The summed E-state index contributed by atoms with van der Waals surface area (Å²) in [5, 5.41) is 10.2. The Balaban J connectivity index is 2.76. The molecule has 1 aromatic rings. The molecule has 1 rings (SSSR count). The van der Waals surface area contributed by atoms with Crippen molar-refractivity contribution in [3.63, 3.8) is 0 Å². The van der Waals surface area contributed by atoms with E-state index < -0.39 is 36.3 Å². The van der Waals surface area contributed by atoms with Gasteiger partial charge in [-0.1, -0.05) is 12.1 Å². The number of rotatable bonds is 5. The lowest BCUT2D eigenvalue weighted by atomic mass is 10.0. The zero-order valence-electron chi connectivity index (χ0n) is 10.1. The van der Waals surface area contributed by atoms with Gasteiger partial charge in [0.05, 0.1) is 6.42 Å². The summed E-state index contributed by atoms with van der Waals surface area (Å²) in [6.45, 7) is 0. The van der Waals surface area contributed by atoms with Gasteiger partial charge in [0.1, 0.15) is 5.82 Å². The second-order valence-electron chi connectivity index (χ2n) is 4.10. The smallest absolute Gasteiger partial charge is 0.471 e. The first-order valence-corrected chi connectivity index (χ1v) is 5.52. The third-order valence-electron chi connectivity index (χ3n) is 2.41. The van der Waals surface area contributed by atoms with Gasteiger partial charge in [0.15, 0.2) is 0 Å². The van der Waals surface area contributed by atoms with Crippen LogP contribution >= 0.6 is 0 Å². The van der Waals surface area contributed by atoms with Crippen molar-refractivity contribution in [2.24, 2.45) is 0 Å². The highest BCUT2D eigenvalue weighted by molar-refractivity contribution is 5.82. The van der Waals surface area contributed by atoms with Crippen LogP contribution in [0.4, 0.5) is 17.6 Å². The van der Waals surface area contributed by atoms with Gasteiger partial charge in [0, 0.05) is 6.04 Å². The fourth-order valence-corrected chi connectivity index (χ4v) is 1.56. The molecular weight excluding hydrogens is 282 g/mol. The normalized spacial score (nSPS) is 12.8. The third kappa shape index (κ3) is 5.25. The second-order valence-corrected chi connectivity index (χ2v) is 4.10. The van der Waals surface area contributed by atoms with Crippen LogP contribution in [0.15, 0.2) is 24.3 Å². The predicted molar refractivity (Wildman–Crippen MR) is 60.3 cm³/mol. The maximum absolute atomic E-state index is 12.7. The quantitative estimate of drug-likeness (QED) is 0.815. The lowest BCUT2D eigenvalue weighted by molar-refractivity contribution is -0.174. The Morgan fingerprint density at radius 3 is 2.20 bits per heavy atom. The molecule has 0 fully saturated rings. The number of alkyl halides is 3. The van der Waals surface area contributed by atoms with Gasteiger partial charge in [-0.25, -0.2) is 4.39 Å². The van der Waals surface area contributed by atoms with Gasteiger partial charge in [-0.2, -0.15) is 13.2 Å². The number of halogens is 4. The number of nitrogens with one attached hydrogen (secondary N) is 1. The molecule has 0 radical (unpaired) electrons. The number of carbonyl (C=O) groups excluding carboxylic acids is 1. The van der Waals surface area contributed by atoms with Crippen molar-refractivity contribution in [1.29, 1.82) is 0 Å². The number of carbonyl (C=O) groups is 2. The lowest BCUT2D eigenvalue weighted by Crippen LogP contribution is -2.45. The first-order valence-electron chi connectivity index (χ1n) is 5.52. The minimum absolute atomic E-state index is 0.144. The Hall–Kier alpha value is -2.12. The molecule has 1 aromatic carbocycles. The van der Waals surface area contributed by atoms with Crippen LogP contribution in [0.3, 0.4) is 0 Å². The molecule has 0 aliphatic carbocycles. The number of hydrogen-bond donors (Lipinski definition) is 2. The molecule has 4 nitrogen and oxygen atoms in total. The summed E-state index contributed by atoms with van der Waals surface area (Å²) >= 11 is 0. The molecule has 0 heterocycles. The van der Waals surface area contributed by atoms with E-state index in [9.17, 15) is 27.2 Å². The molecule has 0 saturated heterocycles. The first kappa shape index (κ1) is 15.9. The minimum atomic E-state index is -5.08. The van der Waals surface area contributed by atoms with E-state index >= 15 is 0 Å². The van der Waals surface area contributed by atoms with Crippen LogP contribution in [0.5, 0.6) is 0 Å². The monoisotopic (exact) mass is 293 g/mol. The first-order chi connectivity index (χ1) is 9.18. The van der Waals surface area contributed by atoms with Gasteiger partial charge < -0.3 is 10.4 Å². The van der Waals surface area contributed by atoms with E-state index in [4.69, 9.17) is 5.11 Å². The molecule has 0 bridgehead atoms. The van der Waals surface area contributed by atoms with Crippen LogP contribution in [0.2, 0.25) is 0 Å². The Morgan fingerprint density at radius 1 is 1.20 bits per heavy atom. The van der Waals surface area contributed by atoms with Crippen molar-refractivity contribution in [3.05, 3.63) is 35.6 Å². The van der Waals surface area contributed by atoms with Crippen LogP contribution in [0.25, 0.3) is 0 Å². The molecule has 2 N–H and O–H groups in total. The summed E-state index contributed by atoms with van der Waals surface area (Å²) in [5.74, 6) is -4.08. The molecule has 1 atom stereocenters. The summed E-state index contributed by atoms with van der Waals surface area (Å²) in [7, 11) is 0. The molecule has 8 heteroatoms. The largest absolute Gasteiger partial charge is 0.481 e. The van der Waals surface area contributed by atoms with E-state index in [2.05, 4.69) is 0 Å². The molecule has 0 aliphatic rings. The zero-order chi connectivity index (χ0) is 15.3. The highest BCUT2D eigenvalue weighted by Gasteiger charge is 2.39. The second kappa shape index (κ2) is 6.36. The average molecular weight is 293 g/mol. The summed E-state index contributed by atoms with van der Waals surface area (Å²) in [4.78, 5) is 21.4. The summed E-state index contributed by atoms with van der Waals surface area (Å²) < 4.78 is 49.1. The van der Waals surface area contributed by atoms with Crippen LogP contribution in [0.1, 0.15) is 12.0 Å². The van der Waals surface area contributed by atoms with Crippen molar-refractivity contribution in [2.75, 3.05) is 0 Å². The third-order valence-corrected chi connectivity index (χ3v) is 2.41. The number of amides is 1. The van der Waals surface area contributed by atoms with Gasteiger partial charge in [-0.3, -0.25) is 9.59 Å². The van der Waals surface area contributed by atoms with Crippen molar-refractivity contribution in [2.45, 2.75) is 25.1 Å². The Bertz CT molecular complexity index is 484. The molecule has 1 amide bonds. The molecule has 20 heavy (non-hydrogen) atoms. The highest BCUT2D eigenvalue weighted by atomic mass is 19.4. The molecular formula is C12H11F4NO3. The van der Waals surface area contributed by atoms with E-state index in [0.717, 1.165) is 12.1 Å². The van der Waals surface area contributed by atoms with Crippen molar-refractivity contribution in [1.82, 2.24) is 5.32 Å². The number of carboxylic acids is 1. The fourth-order valence-electron chi connectivity index (χ4n) is 1.56. The van der Waals surface area contributed by atoms with E-state index in [1.165, 1.54) is 12.1 Å². The van der Waals surface area contributed by atoms with Crippen molar-refractivity contribution >= 4 is 11.9 Å². The summed E-state index contributed by atoms with van der Waals surface area (Å²) in [5.41, 5.74) is 0.417. The van der Waals surface area contributed by atoms with E-state index in [1.54, 1.807) is 5.32 Å². The van der Waals surface area contributed by atoms with Gasteiger partial charge in [-0.15, -0.1) is 0 Å². The predicted octanol–water partition coefficient (Wildman–Crippen LogP) is 1.89. The maximum atomic E-state index is 12.7. The van der Waals surface area contributed by atoms with Crippen molar-refractivity contribution in [3.8, 4) is 0 Å². The van der Waals surface area contributed by atoms with Gasteiger partial charge in [0.25, 0.3) is 0 Å². The standard InChI is InChI=1S/C12H11F4NO3/c13-8-3-1-7(2-4-8)5-9(6-10(18)19)17-11(20)12(14,15)16/h1-4,9H,5-6H2,(H,17,20)(H,18,19)/t9-/m1/s1. The summed E-state index contributed by atoms with van der Waals surface area (Å²) in [6.07, 6.45) is -5.90. The van der Waals surface area contributed by atoms with Crippen LogP contribution in [0, 0.1) is 5.82 Å². The Morgan fingerprint density at radius 2 is 1.75 bits per heavy atom. The maximum Gasteiger partial charge on any atom is 0.471 e. The summed E-state index contributed by atoms with van der Waals surface area (Å²) in [6, 6.07) is 3.58. The van der Waals surface area contributed by atoms with Crippen molar-refractivity contribution < 1.29 is 32.3 Å². The molecule has 0 saturated carbocycles. The molecule has 0 spiro atoms. The SMILES string of the molecule is O=C(O)C[C@@H](Cc1ccc(F)cc1)NC(=O)C(F)(F)F. The molecule has 0 aromatic heterocycles. The number of carboxylic acid groups (broad SMARTS) is 1. The average Bonchev–Trinajstić information content (AvgIpc) is 2.30. The van der Waals surface area contributed by atoms with Crippen LogP contribution in [-0.4, -0.2) is 29.2 Å². The lowest BCUT2D eigenvalue weighted by Gasteiger charge is -2.18. The van der Waals surface area contributed by atoms with E-state index in [0.29, 0.717) is 5.56 Å². The molecule has 0 aliphatic heterocycles. The minimum Gasteiger partial charge on any atom is -0.481 e. The number of aliphatic carboxylic acids is 1. The Kier molecular flexibility index (Phi) is 5.06. The van der Waals surface area contributed by atoms with E-state index in [1.807, 2.05) is 0 Å². The topological polar surface area (TPSA) is 66.4 Å². The molecule has 110 valence electrons. The fraction of sp³-hybridized carbons (Fsp3) is 0.333.